The Labute approximate surface area is 114 Å². The van der Waals surface area contributed by atoms with E-state index in [1.807, 2.05) is 0 Å². The van der Waals surface area contributed by atoms with E-state index < -0.39 is 0 Å². The molecule has 1 heteroatoms. The number of hydrogen-bond donors (Lipinski definition) is 1. The van der Waals surface area contributed by atoms with Crippen molar-refractivity contribution in [2.45, 2.75) is 39.0 Å². The molecular weight excluding hydrogens is 230 g/mol. The number of H-pyrrole nitrogens is 1. The summed E-state index contributed by atoms with van der Waals surface area (Å²) in [6.45, 7) is 6.91. The Morgan fingerprint density at radius 1 is 0.895 bits per heavy atom. The third-order valence-electron chi connectivity index (χ3n) is 4.76. The predicted molar refractivity (Wildman–Crippen MR) is 83.7 cm³/mol. The van der Waals surface area contributed by atoms with Crippen LogP contribution in [0.1, 0.15) is 39.2 Å². The molecular formula is C18H21N. The minimum absolute atomic E-state index is 0.283. The number of para-hydroxylation sites is 1. The second-order valence-corrected chi connectivity index (χ2v) is 5.70. The van der Waals surface area contributed by atoms with E-state index in [9.17, 15) is 0 Å². The highest BCUT2D eigenvalue weighted by Gasteiger charge is 2.22. The van der Waals surface area contributed by atoms with Crippen molar-refractivity contribution in [3.05, 3.63) is 48.0 Å². The van der Waals surface area contributed by atoms with Gasteiger partial charge in [-0.1, -0.05) is 51.1 Å². The third kappa shape index (κ3) is 1.85. The van der Waals surface area contributed by atoms with E-state index in [1.54, 1.807) is 0 Å². The van der Waals surface area contributed by atoms with Gasteiger partial charge >= 0.3 is 0 Å². The first-order chi connectivity index (χ1) is 9.18. The van der Waals surface area contributed by atoms with Crippen LogP contribution >= 0.6 is 0 Å². The molecule has 0 fully saturated rings. The monoisotopic (exact) mass is 251 g/mol. The Morgan fingerprint density at radius 2 is 1.58 bits per heavy atom. The lowest BCUT2D eigenvalue weighted by atomic mass is 9.78. The summed E-state index contributed by atoms with van der Waals surface area (Å²) in [5.41, 5.74) is 4.21. The lowest BCUT2D eigenvalue weighted by Crippen LogP contribution is -2.19. The van der Waals surface area contributed by atoms with Gasteiger partial charge in [-0.3, -0.25) is 0 Å². The Kier molecular flexibility index (Phi) is 2.85. The highest BCUT2D eigenvalue weighted by atomic mass is 14.7. The smallest absolute Gasteiger partial charge is 0.0467 e. The molecule has 1 heterocycles. The van der Waals surface area contributed by atoms with Gasteiger partial charge in [0.05, 0.1) is 0 Å². The van der Waals surface area contributed by atoms with Gasteiger partial charge in [-0.15, -0.1) is 0 Å². The Balaban J connectivity index is 2.24. The number of aromatic nitrogens is 1. The van der Waals surface area contributed by atoms with Crippen molar-refractivity contribution in [1.29, 1.82) is 0 Å². The van der Waals surface area contributed by atoms with Gasteiger partial charge in [-0.05, 0) is 36.0 Å². The van der Waals surface area contributed by atoms with Crippen LogP contribution in [0.4, 0.5) is 0 Å². The second kappa shape index (κ2) is 4.41. The quantitative estimate of drug-likeness (QED) is 0.641. The van der Waals surface area contributed by atoms with Crippen LogP contribution in [-0.2, 0) is 5.41 Å². The second-order valence-electron chi connectivity index (χ2n) is 5.70. The van der Waals surface area contributed by atoms with Crippen molar-refractivity contribution < 1.29 is 0 Å². The summed E-state index contributed by atoms with van der Waals surface area (Å²) in [5.74, 6) is 0. The van der Waals surface area contributed by atoms with Gasteiger partial charge in [-0.25, -0.2) is 0 Å². The van der Waals surface area contributed by atoms with E-state index in [4.69, 9.17) is 0 Å². The fraction of sp³-hybridized carbons (Fsp3) is 0.333. The number of rotatable bonds is 3. The minimum Gasteiger partial charge on any atom is -0.355 e. The summed E-state index contributed by atoms with van der Waals surface area (Å²) in [4.78, 5) is 3.54. The van der Waals surface area contributed by atoms with Gasteiger partial charge < -0.3 is 4.98 Å². The van der Waals surface area contributed by atoms with E-state index in [2.05, 4.69) is 68.2 Å². The Hall–Kier alpha value is -1.76. The molecule has 1 nitrogen and oxygen atoms in total. The molecule has 0 saturated heterocycles. The van der Waals surface area contributed by atoms with Crippen LogP contribution in [0.2, 0.25) is 0 Å². The molecule has 3 rings (SSSR count). The van der Waals surface area contributed by atoms with E-state index in [0.29, 0.717) is 0 Å². The van der Waals surface area contributed by atoms with Crippen LogP contribution in [-0.4, -0.2) is 4.98 Å². The van der Waals surface area contributed by atoms with Gasteiger partial charge in [0.25, 0.3) is 0 Å². The van der Waals surface area contributed by atoms with Crippen LogP contribution in [0.25, 0.3) is 21.8 Å². The maximum atomic E-state index is 3.54. The van der Waals surface area contributed by atoms with E-state index in [0.717, 1.165) is 0 Å². The number of benzene rings is 2. The highest BCUT2D eigenvalue weighted by molar-refractivity contribution is 6.07. The van der Waals surface area contributed by atoms with Gasteiger partial charge in [0.1, 0.15) is 0 Å². The maximum absolute atomic E-state index is 3.54. The fourth-order valence-electron chi connectivity index (χ4n) is 2.89. The van der Waals surface area contributed by atoms with Crippen LogP contribution in [0.5, 0.6) is 0 Å². The molecule has 3 aromatic rings. The average molecular weight is 251 g/mol. The SMILES string of the molecule is CCC(C)(CC)c1ccc2c(c1)[nH]c1ccccc12. The maximum Gasteiger partial charge on any atom is 0.0467 e. The lowest BCUT2D eigenvalue weighted by Gasteiger charge is -2.27. The molecule has 0 unspecified atom stereocenters. The van der Waals surface area contributed by atoms with E-state index in [1.165, 1.54) is 40.2 Å². The molecule has 0 radical (unpaired) electrons. The topological polar surface area (TPSA) is 15.8 Å². The summed E-state index contributed by atoms with van der Waals surface area (Å²) in [7, 11) is 0. The molecule has 98 valence electrons. The number of fused-ring (bicyclic) bond motifs is 3. The number of aromatic amines is 1. The molecule has 0 aliphatic carbocycles. The Bertz CT molecular complexity index is 717. The molecule has 0 spiro atoms. The van der Waals surface area contributed by atoms with Gasteiger partial charge in [-0.2, -0.15) is 0 Å². The predicted octanol–water partition coefficient (Wildman–Crippen LogP) is 5.40. The molecule has 0 amide bonds. The van der Waals surface area contributed by atoms with Crippen LogP contribution < -0.4 is 0 Å². The van der Waals surface area contributed by atoms with Gasteiger partial charge in [0, 0.05) is 21.8 Å². The van der Waals surface area contributed by atoms with Crippen LogP contribution in [0, 0.1) is 0 Å². The normalized spacial score (nSPS) is 12.4. The zero-order chi connectivity index (χ0) is 13.5. The summed E-state index contributed by atoms with van der Waals surface area (Å²) >= 11 is 0. The zero-order valence-electron chi connectivity index (χ0n) is 12.0. The van der Waals surface area contributed by atoms with Crippen molar-refractivity contribution in [2.75, 3.05) is 0 Å². The zero-order valence-corrected chi connectivity index (χ0v) is 12.0. The molecule has 0 bridgehead atoms. The van der Waals surface area contributed by atoms with Crippen LogP contribution in [0.15, 0.2) is 42.5 Å². The summed E-state index contributed by atoms with van der Waals surface area (Å²) in [6.07, 6.45) is 2.35. The van der Waals surface area contributed by atoms with E-state index >= 15 is 0 Å². The van der Waals surface area contributed by atoms with Crippen LogP contribution in [0.3, 0.4) is 0 Å². The molecule has 0 aliphatic rings. The van der Waals surface area contributed by atoms with Gasteiger partial charge in [0.2, 0.25) is 0 Å². The molecule has 0 aliphatic heterocycles. The summed E-state index contributed by atoms with van der Waals surface area (Å²) in [6, 6.07) is 15.4. The first-order valence-corrected chi connectivity index (χ1v) is 7.19. The van der Waals surface area contributed by atoms with Crippen molar-refractivity contribution >= 4 is 21.8 Å². The minimum atomic E-state index is 0.283. The largest absolute Gasteiger partial charge is 0.355 e. The van der Waals surface area contributed by atoms with Crippen molar-refractivity contribution in [1.82, 2.24) is 4.98 Å². The fourth-order valence-corrected chi connectivity index (χ4v) is 2.89. The van der Waals surface area contributed by atoms with Crippen molar-refractivity contribution in [3.63, 3.8) is 0 Å². The van der Waals surface area contributed by atoms with Crippen molar-refractivity contribution in [2.24, 2.45) is 0 Å². The molecule has 1 aromatic heterocycles. The molecule has 2 aromatic carbocycles. The first-order valence-electron chi connectivity index (χ1n) is 7.19. The molecule has 1 N–H and O–H groups in total. The molecule has 0 saturated carbocycles. The summed E-state index contributed by atoms with van der Waals surface area (Å²) in [5, 5.41) is 2.65. The van der Waals surface area contributed by atoms with Crippen molar-refractivity contribution in [3.8, 4) is 0 Å². The van der Waals surface area contributed by atoms with Gasteiger partial charge in [0.15, 0.2) is 0 Å². The standard InChI is InChI=1S/C18H21N/c1-4-18(3,5-2)13-10-11-15-14-8-6-7-9-16(14)19-17(15)12-13/h6-12,19H,4-5H2,1-3H3. The number of hydrogen-bond acceptors (Lipinski definition) is 0. The van der Waals surface area contributed by atoms with E-state index in [-0.39, 0.29) is 5.41 Å². The highest BCUT2D eigenvalue weighted by Crippen LogP contribution is 2.34. The lowest BCUT2D eigenvalue weighted by molar-refractivity contribution is 0.439. The Morgan fingerprint density at radius 3 is 2.32 bits per heavy atom. The summed E-state index contributed by atoms with van der Waals surface area (Å²) < 4.78 is 0. The molecule has 19 heavy (non-hydrogen) atoms. The first kappa shape index (κ1) is 12.3. The average Bonchev–Trinajstić information content (AvgIpc) is 2.84. The number of nitrogens with one attached hydrogen (secondary N) is 1. The molecule has 0 atom stereocenters. The third-order valence-corrected chi connectivity index (χ3v) is 4.76.